The molecule has 2 aliphatic carbocycles. The van der Waals surface area contributed by atoms with Crippen LogP contribution in [0.3, 0.4) is 0 Å². The standard InChI is InChI=1S/C19H29N/c1-4-12-20-19(13(3)5-2)18-16-11-10-14-8-6-7-9-15(14)17(16)18/h6-9,13,16-20H,4-5,10-12H2,1-3H3. The molecule has 1 aromatic carbocycles. The summed E-state index contributed by atoms with van der Waals surface area (Å²) >= 11 is 0. The summed E-state index contributed by atoms with van der Waals surface area (Å²) in [6.45, 7) is 8.22. The predicted molar refractivity (Wildman–Crippen MR) is 86.0 cm³/mol. The maximum Gasteiger partial charge on any atom is 0.0130 e. The number of nitrogens with one attached hydrogen (secondary N) is 1. The van der Waals surface area contributed by atoms with Crippen LogP contribution in [-0.2, 0) is 6.42 Å². The Morgan fingerprint density at radius 2 is 2.05 bits per heavy atom. The van der Waals surface area contributed by atoms with E-state index in [0.29, 0.717) is 0 Å². The van der Waals surface area contributed by atoms with Gasteiger partial charge in [-0.3, -0.25) is 0 Å². The van der Waals surface area contributed by atoms with Crippen molar-refractivity contribution in [3.05, 3.63) is 35.4 Å². The second-order valence-electron chi connectivity index (χ2n) is 6.87. The van der Waals surface area contributed by atoms with Crippen molar-refractivity contribution in [2.45, 2.75) is 58.4 Å². The van der Waals surface area contributed by atoms with Crippen molar-refractivity contribution in [1.29, 1.82) is 0 Å². The SMILES string of the molecule is CCCNC(C(C)CC)C1C2CCc3ccccc3C21. The van der Waals surface area contributed by atoms with Crippen LogP contribution in [0.2, 0.25) is 0 Å². The normalized spacial score (nSPS) is 30.2. The van der Waals surface area contributed by atoms with Gasteiger partial charge in [0, 0.05) is 6.04 Å². The van der Waals surface area contributed by atoms with Gasteiger partial charge in [-0.2, -0.15) is 0 Å². The molecule has 0 amide bonds. The Bertz CT molecular complexity index is 453. The largest absolute Gasteiger partial charge is 0.313 e. The molecule has 0 aliphatic heterocycles. The van der Waals surface area contributed by atoms with Crippen LogP contribution in [0.1, 0.15) is 57.1 Å². The van der Waals surface area contributed by atoms with Gasteiger partial charge in [-0.1, -0.05) is 51.5 Å². The van der Waals surface area contributed by atoms with E-state index in [2.05, 4.69) is 50.4 Å². The Hall–Kier alpha value is -0.820. The maximum absolute atomic E-state index is 3.87. The summed E-state index contributed by atoms with van der Waals surface area (Å²) < 4.78 is 0. The third-order valence-electron chi connectivity index (χ3n) is 5.69. The summed E-state index contributed by atoms with van der Waals surface area (Å²) in [5, 5.41) is 3.87. The number of fused-ring (bicyclic) bond motifs is 3. The van der Waals surface area contributed by atoms with Crippen LogP contribution in [0, 0.1) is 17.8 Å². The molecular weight excluding hydrogens is 242 g/mol. The Balaban J connectivity index is 1.78. The smallest absolute Gasteiger partial charge is 0.0130 e. The van der Waals surface area contributed by atoms with Gasteiger partial charge in [0.15, 0.2) is 0 Å². The lowest BCUT2D eigenvalue weighted by Crippen LogP contribution is -2.38. The van der Waals surface area contributed by atoms with Crippen LogP contribution in [0.25, 0.3) is 0 Å². The number of benzene rings is 1. The lowest BCUT2D eigenvalue weighted by atomic mass is 9.91. The van der Waals surface area contributed by atoms with Gasteiger partial charge in [-0.15, -0.1) is 0 Å². The third kappa shape index (κ3) is 2.41. The minimum atomic E-state index is 0.723. The molecule has 0 spiro atoms. The summed E-state index contributed by atoms with van der Waals surface area (Å²) in [6, 6.07) is 9.89. The predicted octanol–water partition coefficient (Wildman–Crippen LogP) is 4.38. The highest BCUT2D eigenvalue weighted by atomic mass is 14.9. The molecule has 0 heterocycles. The van der Waals surface area contributed by atoms with Gasteiger partial charge in [0.05, 0.1) is 0 Å². The first-order valence-electron chi connectivity index (χ1n) is 8.59. The molecule has 20 heavy (non-hydrogen) atoms. The highest BCUT2D eigenvalue weighted by Gasteiger charge is 2.56. The van der Waals surface area contributed by atoms with Crippen molar-refractivity contribution in [2.75, 3.05) is 6.54 Å². The molecule has 1 saturated carbocycles. The maximum atomic E-state index is 3.87. The van der Waals surface area contributed by atoms with E-state index >= 15 is 0 Å². The van der Waals surface area contributed by atoms with E-state index in [1.807, 2.05) is 0 Å². The number of rotatable bonds is 6. The van der Waals surface area contributed by atoms with E-state index in [0.717, 1.165) is 29.7 Å². The fraction of sp³-hybridized carbons (Fsp3) is 0.684. The molecular formula is C19H29N. The zero-order chi connectivity index (χ0) is 14.1. The highest BCUT2D eigenvalue weighted by Crippen LogP contribution is 2.62. The lowest BCUT2D eigenvalue weighted by molar-refractivity contribution is 0.318. The topological polar surface area (TPSA) is 12.0 Å². The van der Waals surface area contributed by atoms with Gasteiger partial charge in [-0.25, -0.2) is 0 Å². The van der Waals surface area contributed by atoms with Gasteiger partial charge < -0.3 is 5.32 Å². The molecule has 110 valence electrons. The van der Waals surface area contributed by atoms with Crippen LogP contribution >= 0.6 is 0 Å². The quantitative estimate of drug-likeness (QED) is 0.810. The fourth-order valence-corrected chi connectivity index (χ4v) is 4.39. The lowest BCUT2D eigenvalue weighted by Gasteiger charge is -2.25. The molecule has 0 bridgehead atoms. The summed E-state index contributed by atoms with van der Waals surface area (Å²) in [5.41, 5.74) is 3.29. The molecule has 5 unspecified atom stereocenters. The average Bonchev–Trinajstić information content (AvgIpc) is 3.22. The third-order valence-corrected chi connectivity index (χ3v) is 5.69. The van der Waals surface area contributed by atoms with E-state index in [-0.39, 0.29) is 0 Å². The zero-order valence-corrected chi connectivity index (χ0v) is 13.2. The van der Waals surface area contributed by atoms with Gasteiger partial charge in [0.2, 0.25) is 0 Å². The number of aryl methyl sites for hydroxylation is 1. The molecule has 0 radical (unpaired) electrons. The molecule has 1 aromatic rings. The van der Waals surface area contributed by atoms with Crippen LogP contribution < -0.4 is 5.32 Å². The molecule has 1 N–H and O–H groups in total. The number of hydrogen-bond donors (Lipinski definition) is 1. The van der Waals surface area contributed by atoms with Crippen LogP contribution in [-0.4, -0.2) is 12.6 Å². The highest BCUT2D eigenvalue weighted by molar-refractivity contribution is 5.40. The summed E-state index contributed by atoms with van der Waals surface area (Å²) in [4.78, 5) is 0. The van der Waals surface area contributed by atoms with E-state index in [4.69, 9.17) is 0 Å². The van der Waals surface area contributed by atoms with Gasteiger partial charge in [0.25, 0.3) is 0 Å². The number of hydrogen-bond acceptors (Lipinski definition) is 1. The van der Waals surface area contributed by atoms with Gasteiger partial charge >= 0.3 is 0 Å². The van der Waals surface area contributed by atoms with Crippen molar-refractivity contribution in [1.82, 2.24) is 5.32 Å². The Morgan fingerprint density at radius 3 is 2.80 bits per heavy atom. The summed E-state index contributed by atoms with van der Waals surface area (Å²) in [6.07, 6.45) is 5.24. The van der Waals surface area contributed by atoms with Crippen LogP contribution in [0.5, 0.6) is 0 Å². The minimum Gasteiger partial charge on any atom is -0.313 e. The molecule has 0 aromatic heterocycles. The van der Waals surface area contributed by atoms with Crippen LogP contribution in [0.15, 0.2) is 24.3 Å². The van der Waals surface area contributed by atoms with E-state index in [1.54, 1.807) is 11.1 Å². The Labute approximate surface area is 124 Å². The minimum absolute atomic E-state index is 0.723. The van der Waals surface area contributed by atoms with Crippen molar-refractivity contribution in [2.24, 2.45) is 17.8 Å². The molecule has 5 atom stereocenters. The van der Waals surface area contributed by atoms with E-state index < -0.39 is 0 Å². The second kappa shape index (κ2) is 5.89. The van der Waals surface area contributed by atoms with Gasteiger partial charge in [-0.05, 0) is 60.6 Å². The summed E-state index contributed by atoms with van der Waals surface area (Å²) in [5.74, 6) is 3.49. The van der Waals surface area contributed by atoms with Crippen molar-refractivity contribution >= 4 is 0 Å². The van der Waals surface area contributed by atoms with Crippen molar-refractivity contribution < 1.29 is 0 Å². The second-order valence-corrected chi connectivity index (χ2v) is 6.87. The van der Waals surface area contributed by atoms with Crippen LogP contribution in [0.4, 0.5) is 0 Å². The monoisotopic (exact) mass is 271 g/mol. The van der Waals surface area contributed by atoms with E-state index in [1.165, 1.54) is 32.2 Å². The zero-order valence-electron chi connectivity index (χ0n) is 13.2. The fourth-order valence-electron chi connectivity index (χ4n) is 4.39. The average molecular weight is 271 g/mol. The first-order valence-corrected chi connectivity index (χ1v) is 8.59. The first kappa shape index (κ1) is 14.1. The molecule has 1 heteroatoms. The summed E-state index contributed by atoms with van der Waals surface area (Å²) in [7, 11) is 0. The van der Waals surface area contributed by atoms with Gasteiger partial charge in [0.1, 0.15) is 0 Å². The Morgan fingerprint density at radius 1 is 1.25 bits per heavy atom. The molecule has 2 aliphatic rings. The van der Waals surface area contributed by atoms with Crippen molar-refractivity contribution in [3.63, 3.8) is 0 Å². The Kier molecular flexibility index (Phi) is 4.16. The molecule has 1 nitrogen and oxygen atoms in total. The molecule has 3 rings (SSSR count). The van der Waals surface area contributed by atoms with E-state index in [9.17, 15) is 0 Å². The van der Waals surface area contributed by atoms with Crippen molar-refractivity contribution in [3.8, 4) is 0 Å². The molecule has 0 saturated heterocycles. The molecule has 1 fully saturated rings. The first-order chi connectivity index (χ1) is 9.77.